The highest BCUT2D eigenvalue weighted by Gasteiger charge is 2.31. The highest BCUT2D eigenvalue weighted by atomic mass is 32.2. The first-order valence-corrected chi connectivity index (χ1v) is 11.8. The first-order valence-electron chi connectivity index (χ1n) is 10.4. The van der Waals surface area contributed by atoms with Crippen molar-refractivity contribution in [3.63, 3.8) is 0 Å². The maximum atomic E-state index is 13.0. The summed E-state index contributed by atoms with van der Waals surface area (Å²) >= 11 is 0. The molecular weight excluding hydrogens is 414 g/mol. The first kappa shape index (κ1) is 23.0. The monoisotopic (exact) mass is 443 g/mol. The van der Waals surface area contributed by atoms with Crippen molar-refractivity contribution in [2.45, 2.75) is 31.7 Å². The van der Waals surface area contributed by atoms with E-state index >= 15 is 0 Å². The second-order valence-corrected chi connectivity index (χ2v) is 10.2. The van der Waals surface area contributed by atoms with Crippen molar-refractivity contribution in [1.82, 2.24) is 14.9 Å². The Morgan fingerprint density at radius 2 is 1.42 bits per heavy atom. The van der Waals surface area contributed by atoms with E-state index in [9.17, 15) is 18.0 Å². The number of carbonyl (C=O) groups is 2. The largest absolute Gasteiger partial charge is 0.355 e. The average Bonchev–Trinajstić information content (AvgIpc) is 2.76. The lowest BCUT2D eigenvalue weighted by Gasteiger charge is -2.34. The normalized spacial score (nSPS) is 19.6. The molecule has 1 saturated heterocycles. The lowest BCUT2D eigenvalue weighted by molar-refractivity contribution is 0.0946. The summed E-state index contributed by atoms with van der Waals surface area (Å²) in [5.74, 6) is 0.196. The number of hydrogen-bond acceptors (Lipinski definition) is 4. The summed E-state index contributed by atoms with van der Waals surface area (Å²) in [7, 11) is -2.00. The number of rotatable bonds is 6. The molecule has 2 N–H and O–H groups in total. The van der Waals surface area contributed by atoms with E-state index in [-0.39, 0.29) is 16.7 Å². The SMILES string of the molecule is CNC(=O)c1ccc(CNC(=O)c2ccc(S(=O)(=O)N3CC(C)CC(C)C3)cc2)cc1. The van der Waals surface area contributed by atoms with Crippen molar-refractivity contribution in [3.8, 4) is 0 Å². The van der Waals surface area contributed by atoms with Crippen molar-refractivity contribution in [3.05, 3.63) is 65.2 Å². The fraction of sp³-hybridized carbons (Fsp3) is 0.391. The molecule has 3 rings (SSSR count). The average molecular weight is 444 g/mol. The van der Waals surface area contributed by atoms with Crippen molar-refractivity contribution in [2.24, 2.45) is 11.8 Å². The molecule has 2 amide bonds. The maximum Gasteiger partial charge on any atom is 0.251 e. The molecule has 7 nitrogen and oxygen atoms in total. The van der Waals surface area contributed by atoms with E-state index in [1.54, 1.807) is 35.6 Å². The Morgan fingerprint density at radius 3 is 1.97 bits per heavy atom. The Kier molecular flexibility index (Phi) is 7.12. The minimum absolute atomic E-state index is 0.168. The molecule has 1 fully saturated rings. The summed E-state index contributed by atoms with van der Waals surface area (Å²) in [6, 6.07) is 13.0. The molecule has 0 aliphatic carbocycles. The predicted molar refractivity (Wildman–Crippen MR) is 119 cm³/mol. The molecule has 8 heteroatoms. The van der Waals surface area contributed by atoms with Gasteiger partial charge in [-0.15, -0.1) is 0 Å². The lowest BCUT2D eigenvalue weighted by atomic mass is 9.94. The van der Waals surface area contributed by atoms with Crippen LogP contribution < -0.4 is 10.6 Å². The quantitative estimate of drug-likeness (QED) is 0.717. The molecule has 2 atom stereocenters. The molecule has 1 heterocycles. The van der Waals surface area contributed by atoms with Gasteiger partial charge in [-0.3, -0.25) is 9.59 Å². The van der Waals surface area contributed by atoms with Crippen LogP contribution in [0.3, 0.4) is 0 Å². The zero-order chi connectivity index (χ0) is 22.6. The fourth-order valence-electron chi connectivity index (χ4n) is 3.93. The van der Waals surface area contributed by atoms with Gasteiger partial charge in [0, 0.05) is 37.8 Å². The summed E-state index contributed by atoms with van der Waals surface area (Å²) in [4.78, 5) is 24.2. The van der Waals surface area contributed by atoms with E-state index in [4.69, 9.17) is 0 Å². The maximum absolute atomic E-state index is 13.0. The van der Waals surface area contributed by atoms with Crippen LogP contribution in [0.1, 0.15) is 46.5 Å². The van der Waals surface area contributed by atoms with Crippen LogP contribution in [0.5, 0.6) is 0 Å². The Bertz CT molecular complexity index is 1020. The van der Waals surface area contributed by atoms with Crippen molar-refractivity contribution in [1.29, 1.82) is 0 Å². The number of amides is 2. The van der Waals surface area contributed by atoms with Gasteiger partial charge in [0.25, 0.3) is 11.8 Å². The van der Waals surface area contributed by atoms with E-state index < -0.39 is 10.0 Å². The smallest absolute Gasteiger partial charge is 0.251 e. The van der Waals surface area contributed by atoms with Crippen LogP contribution >= 0.6 is 0 Å². The van der Waals surface area contributed by atoms with Gasteiger partial charge in [-0.25, -0.2) is 8.42 Å². The predicted octanol–water partition coefficient (Wildman–Crippen LogP) is 2.64. The summed E-state index contributed by atoms with van der Waals surface area (Å²) in [6.45, 7) is 5.48. The number of nitrogens with one attached hydrogen (secondary N) is 2. The van der Waals surface area contributed by atoms with Crippen molar-refractivity contribution in [2.75, 3.05) is 20.1 Å². The van der Waals surface area contributed by atoms with Crippen LogP contribution in [0.15, 0.2) is 53.4 Å². The topological polar surface area (TPSA) is 95.6 Å². The number of sulfonamides is 1. The number of hydrogen-bond donors (Lipinski definition) is 2. The molecule has 2 aromatic rings. The number of benzene rings is 2. The fourth-order valence-corrected chi connectivity index (χ4v) is 5.61. The Hall–Kier alpha value is -2.71. The molecule has 2 unspecified atom stereocenters. The number of carbonyl (C=O) groups excluding carboxylic acids is 2. The summed E-state index contributed by atoms with van der Waals surface area (Å²) < 4.78 is 27.5. The molecule has 0 spiro atoms. The molecule has 166 valence electrons. The van der Waals surface area contributed by atoms with Gasteiger partial charge in [0.1, 0.15) is 0 Å². The van der Waals surface area contributed by atoms with E-state index in [1.807, 2.05) is 0 Å². The van der Waals surface area contributed by atoms with Gasteiger partial charge in [0.15, 0.2) is 0 Å². The summed E-state index contributed by atoms with van der Waals surface area (Å²) in [5, 5.41) is 5.37. The summed E-state index contributed by atoms with van der Waals surface area (Å²) in [6.07, 6.45) is 1.03. The van der Waals surface area contributed by atoms with E-state index in [0.717, 1.165) is 12.0 Å². The van der Waals surface area contributed by atoms with Gasteiger partial charge >= 0.3 is 0 Å². The Labute approximate surface area is 183 Å². The number of nitrogens with zero attached hydrogens (tertiary/aromatic N) is 1. The molecule has 1 aliphatic heterocycles. The third kappa shape index (κ3) is 5.51. The minimum Gasteiger partial charge on any atom is -0.355 e. The Balaban J connectivity index is 1.63. The Morgan fingerprint density at radius 1 is 0.903 bits per heavy atom. The number of piperidine rings is 1. The zero-order valence-electron chi connectivity index (χ0n) is 18.1. The van der Waals surface area contributed by atoms with Gasteiger partial charge in [0.05, 0.1) is 4.90 Å². The van der Waals surface area contributed by atoms with E-state index in [2.05, 4.69) is 24.5 Å². The van der Waals surface area contributed by atoms with Gasteiger partial charge in [-0.2, -0.15) is 4.31 Å². The van der Waals surface area contributed by atoms with E-state index in [1.165, 1.54) is 24.3 Å². The lowest BCUT2D eigenvalue weighted by Crippen LogP contribution is -2.42. The highest BCUT2D eigenvalue weighted by molar-refractivity contribution is 7.89. The highest BCUT2D eigenvalue weighted by Crippen LogP contribution is 2.26. The van der Waals surface area contributed by atoms with Crippen molar-refractivity contribution >= 4 is 21.8 Å². The standard InChI is InChI=1S/C23H29N3O4S/c1-16-12-17(2)15-26(14-16)31(29,30)21-10-8-20(9-11-21)23(28)25-13-18-4-6-19(7-5-18)22(27)24-3/h4-11,16-17H,12-15H2,1-3H3,(H,24,27)(H,25,28). The van der Waals surface area contributed by atoms with Crippen LogP contribution in [0.4, 0.5) is 0 Å². The third-order valence-corrected chi connectivity index (χ3v) is 7.33. The van der Waals surface area contributed by atoms with Crippen LogP contribution in [-0.4, -0.2) is 44.7 Å². The van der Waals surface area contributed by atoms with Crippen LogP contribution in [0, 0.1) is 11.8 Å². The van der Waals surface area contributed by atoms with Crippen LogP contribution in [-0.2, 0) is 16.6 Å². The molecular formula is C23H29N3O4S. The second kappa shape index (κ2) is 9.62. The van der Waals surface area contributed by atoms with Crippen LogP contribution in [0.2, 0.25) is 0 Å². The van der Waals surface area contributed by atoms with Gasteiger partial charge in [-0.1, -0.05) is 26.0 Å². The van der Waals surface area contributed by atoms with E-state index in [0.29, 0.717) is 42.6 Å². The summed E-state index contributed by atoms with van der Waals surface area (Å²) in [5.41, 5.74) is 1.79. The minimum atomic E-state index is -3.57. The second-order valence-electron chi connectivity index (χ2n) is 8.25. The third-order valence-electron chi connectivity index (χ3n) is 5.49. The van der Waals surface area contributed by atoms with Crippen LogP contribution in [0.25, 0.3) is 0 Å². The zero-order valence-corrected chi connectivity index (χ0v) is 18.9. The molecule has 1 aliphatic rings. The molecule has 31 heavy (non-hydrogen) atoms. The molecule has 0 radical (unpaired) electrons. The van der Waals surface area contributed by atoms with Gasteiger partial charge in [-0.05, 0) is 60.2 Å². The molecule has 0 bridgehead atoms. The van der Waals surface area contributed by atoms with Gasteiger partial charge < -0.3 is 10.6 Å². The van der Waals surface area contributed by atoms with Crippen molar-refractivity contribution < 1.29 is 18.0 Å². The van der Waals surface area contributed by atoms with Gasteiger partial charge in [0.2, 0.25) is 10.0 Å². The first-order chi connectivity index (χ1) is 14.7. The molecule has 0 saturated carbocycles. The molecule has 2 aromatic carbocycles. The molecule has 0 aromatic heterocycles.